The molecule has 0 amide bonds. The van der Waals surface area contributed by atoms with E-state index in [9.17, 15) is 0 Å². The Morgan fingerprint density at radius 1 is 1.17 bits per heavy atom. The lowest BCUT2D eigenvalue weighted by molar-refractivity contribution is 0.00578. The van der Waals surface area contributed by atoms with Gasteiger partial charge in [0.25, 0.3) is 0 Å². The molecule has 1 heterocycles. The van der Waals surface area contributed by atoms with E-state index < -0.39 is 0 Å². The average molecular weight is 245 g/mol. The molecule has 0 aliphatic carbocycles. The van der Waals surface area contributed by atoms with Gasteiger partial charge in [0.2, 0.25) is 0 Å². The monoisotopic (exact) mass is 245 g/mol. The summed E-state index contributed by atoms with van der Waals surface area (Å²) < 4.78 is 12.0. The van der Waals surface area contributed by atoms with E-state index in [-0.39, 0.29) is 18.3 Å². The fourth-order valence-electron chi connectivity index (χ4n) is 1.90. The molecule has 2 rings (SSSR count). The van der Waals surface area contributed by atoms with Crippen molar-refractivity contribution in [3.05, 3.63) is 30.3 Å². The maximum Gasteiger partial charge on any atom is 0.494 e. The molecule has 0 aromatic heterocycles. The van der Waals surface area contributed by atoms with Gasteiger partial charge in [0.1, 0.15) is 0 Å². The molecular formula is C14H20BNO2. The number of nitrogen functional groups attached to an aromatic ring is 1. The van der Waals surface area contributed by atoms with Crippen LogP contribution in [0.15, 0.2) is 24.8 Å². The van der Waals surface area contributed by atoms with E-state index in [0.717, 1.165) is 11.0 Å². The summed E-state index contributed by atoms with van der Waals surface area (Å²) in [5.74, 6) is 0. The van der Waals surface area contributed by atoms with E-state index in [0.29, 0.717) is 5.69 Å². The Balaban J connectivity index is 2.32. The summed E-state index contributed by atoms with van der Waals surface area (Å²) >= 11 is 0. The fourth-order valence-corrected chi connectivity index (χ4v) is 1.90. The molecule has 1 aromatic rings. The van der Waals surface area contributed by atoms with Crippen LogP contribution in [-0.4, -0.2) is 18.3 Å². The van der Waals surface area contributed by atoms with Gasteiger partial charge in [-0.1, -0.05) is 24.8 Å². The van der Waals surface area contributed by atoms with E-state index >= 15 is 0 Å². The van der Waals surface area contributed by atoms with Crippen molar-refractivity contribution < 1.29 is 9.31 Å². The molecule has 0 saturated carbocycles. The lowest BCUT2D eigenvalue weighted by Crippen LogP contribution is -2.41. The Morgan fingerprint density at radius 2 is 1.72 bits per heavy atom. The second kappa shape index (κ2) is 4.14. The van der Waals surface area contributed by atoms with Gasteiger partial charge in [-0.3, -0.25) is 0 Å². The van der Waals surface area contributed by atoms with Crippen LogP contribution in [0.5, 0.6) is 0 Å². The van der Waals surface area contributed by atoms with Crippen LogP contribution in [0, 0.1) is 0 Å². The van der Waals surface area contributed by atoms with E-state index in [1.807, 2.05) is 45.9 Å². The molecule has 1 fully saturated rings. The van der Waals surface area contributed by atoms with Crippen LogP contribution in [0.2, 0.25) is 0 Å². The van der Waals surface area contributed by atoms with E-state index in [1.54, 1.807) is 6.08 Å². The minimum Gasteiger partial charge on any atom is -0.399 e. The number of nitrogens with two attached hydrogens (primary N) is 1. The van der Waals surface area contributed by atoms with Crippen LogP contribution in [0.25, 0.3) is 6.08 Å². The molecule has 0 radical (unpaired) electrons. The van der Waals surface area contributed by atoms with Crippen molar-refractivity contribution >= 4 is 24.3 Å². The summed E-state index contributed by atoms with van der Waals surface area (Å²) in [4.78, 5) is 0. The third-order valence-electron chi connectivity index (χ3n) is 3.86. The predicted octanol–water partition coefficient (Wildman–Crippen LogP) is 2.21. The van der Waals surface area contributed by atoms with Gasteiger partial charge in [0.05, 0.1) is 11.2 Å². The molecule has 96 valence electrons. The van der Waals surface area contributed by atoms with Crippen LogP contribution < -0.4 is 11.2 Å². The summed E-state index contributed by atoms with van der Waals surface area (Å²) in [5, 5.41) is 0. The topological polar surface area (TPSA) is 44.5 Å². The van der Waals surface area contributed by atoms with Crippen molar-refractivity contribution in [1.29, 1.82) is 0 Å². The zero-order valence-electron chi connectivity index (χ0n) is 11.5. The molecule has 0 unspecified atom stereocenters. The van der Waals surface area contributed by atoms with Crippen molar-refractivity contribution in [2.24, 2.45) is 0 Å². The summed E-state index contributed by atoms with van der Waals surface area (Å²) in [6.07, 6.45) is 1.74. The molecule has 1 aromatic carbocycles. The second-order valence-corrected chi connectivity index (χ2v) is 5.68. The Bertz CT molecular complexity index is 467. The first-order valence-corrected chi connectivity index (χ1v) is 6.14. The average Bonchev–Trinajstić information content (AvgIpc) is 2.49. The number of hydrogen-bond donors (Lipinski definition) is 1. The van der Waals surface area contributed by atoms with E-state index in [1.165, 1.54) is 0 Å². The molecule has 0 spiro atoms. The highest BCUT2D eigenvalue weighted by molar-refractivity contribution is 6.62. The molecule has 3 nitrogen and oxygen atoms in total. The Kier molecular flexibility index (Phi) is 3.03. The predicted molar refractivity (Wildman–Crippen MR) is 76.7 cm³/mol. The van der Waals surface area contributed by atoms with Crippen LogP contribution in [0.1, 0.15) is 33.3 Å². The molecule has 2 N–H and O–H groups in total. The first kappa shape index (κ1) is 13.2. The molecule has 1 saturated heterocycles. The smallest absolute Gasteiger partial charge is 0.399 e. The SMILES string of the molecule is C=Cc1cc(B2OC(C)(C)C(C)(C)O2)ccc1N. The van der Waals surface area contributed by atoms with Crippen molar-refractivity contribution in [3.63, 3.8) is 0 Å². The number of hydrogen-bond acceptors (Lipinski definition) is 3. The number of benzene rings is 1. The number of rotatable bonds is 2. The third-order valence-corrected chi connectivity index (χ3v) is 3.86. The van der Waals surface area contributed by atoms with Gasteiger partial charge in [-0.25, -0.2) is 0 Å². The van der Waals surface area contributed by atoms with Gasteiger partial charge in [0, 0.05) is 5.69 Å². The first-order chi connectivity index (χ1) is 8.27. The van der Waals surface area contributed by atoms with E-state index in [2.05, 4.69) is 6.58 Å². The summed E-state index contributed by atoms with van der Waals surface area (Å²) in [6.45, 7) is 11.9. The molecule has 1 aliphatic heterocycles. The van der Waals surface area contributed by atoms with Crippen LogP contribution in [-0.2, 0) is 9.31 Å². The summed E-state index contributed by atoms with van der Waals surface area (Å²) in [7, 11) is -0.353. The minimum absolute atomic E-state index is 0.326. The van der Waals surface area contributed by atoms with Crippen LogP contribution in [0.4, 0.5) is 5.69 Å². The molecular weight excluding hydrogens is 225 g/mol. The lowest BCUT2D eigenvalue weighted by Gasteiger charge is -2.32. The molecule has 18 heavy (non-hydrogen) atoms. The lowest BCUT2D eigenvalue weighted by atomic mass is 9.78. The first-order valence-electron chi connectivity index (χ1n) is 6.14. The zero-order chi connectivity index (χ0) is 13.6. The van der Waals surface area contributed by atoms with Gasteiger partial charge in [-0.05, 0) is 44.8 Å². The third kappa shape index (κ3) is 2.06. The maximum atomic E-state index is 5.99. The second-order valence-electron chi connectivity index (χ2n) is 5.68. The summed E-state index contributed by atoms with van der Waals surface area (Å²) in [5.41, 5.74) is 7.79. The van der Waals surface area contributed by atoms with Gasteiger partial charge in [-0.15, -0.1) is 0 Å². The van der Waals surface area contributed by atoms with Gasteiger partial charge < -0.3 is 15.0 Å². The van der Waals surface area contributed by atoms with Gasteiger partial charge >= 0.3 is 7.12 Å². The molecule has 0 bridgehead atoms. The normalized spacial score (nSPS) is 21.0. The highest BCUT2D eigenvalue weighted by Crippen LogP contribution is 2.36. The quantitative estimate of drug-likeness (QED) is 0.641. The Morgan fingerprint density at radius 3 is 2.22 bits per heavy atom. The molecule has 4 heteroatoms. The Labute approximate surface area is 109 Å². The van der Waals surface area contributed by atoms with Gasteiger partial charge in [0.15, 0.2) is 0 Å². The van der Waals surface area contributed by atoms with Crippen LogP contribution in [0.3, 0.4) is 0 Å². The maximum absolute atomic E-state index is 5.99. The van der Waals surface area contributed by atoms with Crippen molar-refractivity contribution in [2.75, 3.05) is 5.73 Å². The van der Waals surface area contributed by atoms with Crippen LogP contribution >= 0.6 is 0 Å². The fraction of sp³-hybridized carbons (Fsp3) is 0.429. The number of anilines is 1. The Hall–Kier alpha value is -1.26. The zero-order valence-corrected chi connectivity index (χ0v) is 11.5. The standard InChI is InChI=1S/C14H20BNO2/c1-6-10-9-11(7-8-12(10)16)15-17-13(2,3)14(4,5)18-15/h6-9H,1,16H2,2-5H3. The highest BCUT2D eigenvalue weighted by atomic mass is 16.7. The van der Waals surface area contributed by atoms with Crippen molar-refractivity contribution in [2.45, 2.75) is 38.9 Å². The highest BCUT2D eigenvalue weighted by Gasteiger charge is 2.51. The summed E-state index contributed by atoms with van der Waals surface area (Å²) in [6, 6.07) is 5.76. The van der Waals surface area contributed by atoms with Crippen molar-refractivity contribution in [3.8, 4) is 0 Å². The van der Waals surface area contributed by atoms with Gasteiger partial charge in [-0.2, -0.15) is 0 Å². The molecule has 1 aliphatic rings. The largest absolute Gasteiger partial charge is 0.494 e. The van der Waals surface area contributed by atoms with Crippen molar-refractivity contribution in [1.82, 2.24) is 0 Å². The minimum atomic E-state index is -0.353. The van der Waals surface area contributed by atoms with E-state index in [4.69, 9.17) is 15.0 Å². The molecule has 0 atom stereocenters.